The molecule has 0 saturated carbocycles. The first-order valence-electron chi connectivity index (χ1n) is 4.12. The Labute approximate surface area is 63.8 Å². The minimum atomic E-state index is -0.212. The number of hydrogen-bond donors (Lipinski definition) is 1. The van der Waals surface area contributed by atoms with Crippen LogP contribution in [-0.4, -0.2) is 11.2 Å². The van der Waals surface area contributed by atoms with Crippen LogP contribution in [0.5, 0.6) is 0 Å². The van der Waals surface area contributed by atoms with Crippen LogP contribution >= 0.6 is 0 Å². The van der Waals surface area contributed by atoms with Crippen LogP contribution in [0.25, 0.3) is 0 Å². The van der Waals surface area contributed by atoms with Crippen molar-refractivity contribution in [2.45, 2.75) is 45.6 Å². The van der Waals surface area contributed by atoms with Crippen LogP contribution in [0.15, 0.2) is 12.2 Å². The molecule has 1 atom stereocenters. The fourth-order valence-corrected chi connectivity index (χ4v) is 0.922. The van der Waals surface area contributed by atoms with E-state index in [9.17, 15) is 5.11 Å². The summed E-state index contributed by atoms with van der Waals surface area (Å²) < 4.78 is 0. The van der Waals surface area contributed by atoms with Crippen molar-refractivity contribution >= 4 is 0 Å². The van der Waals surface area contributed by atoms with Crippen molar-refractivity contribution in [1.29, 1.82) is 0 Å². The van der Waals surface area contributed by atoms with Crippen LogP contribution < -0.4 is 0 Å². The Balaban J connectivity index is 3.13. The molecule has 0 bridgehead atoms. The summed E-state index contributed by atoms with van der Waals surface area (Å²) >= 11 is 0. The number of allylic oxidation sites excluding steroid dienone is 1. The first-order chi connectivity index (χ1) is 4.81. The Bertz CT molecular complexity index is 86.7. The summed E-state index contributed by atoms with van der Waals surface area (Å²) in [6, 6.07) is 0. The summed E-state index contributed by atoms with van der Waals surface area (Å²) in [7, 11) is 0. The standard InChI is InChI=1S/C9H18O/c1-3-5-6-8-9(10)7-4-2/h4,7,9-10H,3,5-6,8H2,1-2H3/t9-/m1/s1. The molecule has 1 N–H and O–H groups in total. The lowest BCUT2D eigenvalue weighted by Crippen LogP contribution is -2.00. The number of unbranched alkanes of at least 4 members (excludes halogenated alkanes) is 2. The molecule has 0 aromatic heterocycles. The smallest absolute Gasteiger partial charge is 0.0720 e. The largest absolute Gasteiger partial charge is 0.389 e. The van der Waals surface area contributed by atoms with Crippen molar-refractivity contribution in [1.82, 2.24) is 0 Å². The highest BCUT2D eigenvalue weighted by Crippen LogP contribution is 2.03. The summed E-state index contributed by atoms with van der Waals surface area (Å²) in [6.07, 6.45) is 8.04. The van der Waals surface area contributed by atoms with Gasteiger partial charge in [-0.1, -0.05) is 38.3 Å². The zero-order valence-electron chi connectivity index (χ0n) is 7.01. The molecule has 0 aliphatic rings. The molecule has 0 rings (SSSR count). The van der Waals surface area contributed by atoms with E-state index in [1.54, 1.807) is 0 Å². The minimum absolute atomic E-state index is 0.212. The average Bonchev–Trinajstić information content (AvgIpc) is 1.89. The van der Waals surface area contributed by atoms with Gasteiger partial charge in [-0.15, -0.1) is 0 Å². The van der Waals surface area contributed by atoms with E-state index >= 15 is 0 Å². The van der Waals surface area contributed by atoms with Gasteiger partial charge in [-0.25, -0.2) is 0 Å². The molecule has 0 saturated heterocycles. The van der Waals surface area contributed by atoms with Crippen molar-refractivity contribution in [2.24, 2.45) is 0 Å². The molecule has 10 heavy (non-hydrogen) atoms. The highest BCUT2D eigenvalue weighted by Gasteiger charge is 1.95. The van der Waals surface area contributed by atoms with Gasteiger partial charge >= 0.3 is 0 Å². The van der Waals surface area contributed by atoms with E-state index in [2.05, 4.69) is 6.92 Å². The molecule has 0 aromatic carbocycles. The lowest BCUT2D eigenvalue weighted by molar-refractivity contribution is 0.208. The molecule has 1 heteroatoms. The first kappa shape index (κ1) is 9.70. The Hall–Kier alpha value is -0.300. The van der Waals surface area contributed by atoms with Crippen LogP contribution in [0.2, 0.25) is 0 Å². The summed E-state index contributed by atoms with van der Waals surface area (Å²) in [5, 5.41) is 9.19. The topological polar surface area (TPSA) is 20.2 Å². The molecule has 0 aliphatic heterocycles. The summed E-state index contributed by atoms with van der Waals surface area (Å²) in [6.45, 7) is 4.10. The zero-order valence-corrected chi connectivity index (χ0v) is 7.01. The van der Waals surface area contributed by atoms with Crippen LogP contribution in [0.1, 0.15) is 39.5 Å². The third-order valence-electron chi connectivity index (χ3n) is 1.52. The quantitative estimate of drug-likeness (QED) is 0.462. The van der Waals surface area contributed by atoms with E-state index in [-0.39, 0.29) is 6.10 Å². The predicted molar refractivity (Wildman–Crippen MR) is 45.0 cm³/mol. The fraction of sp³-hybridized carbons (Fsp3) is 0.778. The highest BCUT2D eigenvalue weighted by atomic mass is 16.3. The summed E-state index contributed by atoms with van der Waals surface area (Å²) in [4.78, 5) is 0. The SMILES string of the molecule is CC=C[C@@H](O)CCCCC. The third-order valence-corrected chi connectivity index (χ3v) is 1.52. The number of hydrogen-bond acceptors (Lipinski definition) is 1. The minimum Gasteiger partial charge on any atom is -0.389 e. The number of aliphatic hydroxyl groups excluding tert-OH is 1. The van der Waals surface area contributed by atoms with Gasteiger partial charge in [0, 0.05) is 0 Å². The first-order valence-corrected chi connectivity index (χ1v) is 4.12. The second-order valence-corrected chi connectivity index (χ2v) is 2.59. The Kier molecular flexibility index (Phi) is 6.61. The van der Waals surface area contributed by atoms with E-state index < -0.39 is 0 Å². The maximum Gasteiger partial charge on any atom is 0.0720 e. The van der Waals surface area contributed by atoms with Crippen molar-refractivity contribution in [3.05, 3.63) is 12.2 Å². The Morgan fingerprint density at radius 1 is 1.40 bits per heavy atom. The van der Waals surface area contributed by atoms with Crippen molar-refractivity contribution in [3.8, 4) is 0 Å². The van der Waals surface area contributed by atoms with Crippen LogP contribution in [-0.2, 0) is 0 Å². The Morgan fingerprint density at radius 2 is 2.10 bits per heavy atom. The highest BCUT2D eigenvalue weighted by molar-refractivity contribution is 4.84. The second-order valence-electron chi connectivity index (χ2n) is 2.59. The second kappa shape index (κ2) is 6.81. The van der Waals surface area contributed by atoms with Gasteiger partial charge in [0.1, 0.15) is 0 Å². The van der Waals surface area contributed by atoms with Gasteiger partial charge in [0.05, 0.1) is 6.10 Å². The average molecular weight is 142 g/mol. The van der Waals surface area contributed by atoms with Gasteiger partial charge in [0.15, 0.2) is 0 Å². The molecule has 0 radical (unpaired) electrons. The van der Waals surface area contributed by atoms with Gasteiger partial charge in [0.2, 0.25) is 0 Å². The van der Waals surface area contributed by atoms with E-state index in [0.717, 1.165) is 12.8 Å². The maximum absolute atomic E-state index is 9.19. The van der Waals surface area contributed by atoms with Gasteiger partial charge < -0.3 is 5.11 Å². The van der Waals surface area contributed by atoms with Gasteiger partial charge in [-0.05, 0) is 13.3 Å². The van der Waals surface area contributed by atoms with Crippen molar-refractivity contribution < 1.29 is 5.11 Å². The molecule has 1 nitrogen and oxygen atoms in total. The van der Waals surface area contributed by atoms with Gasteiger partial charge in [0.25, 0.3) is 0 Å². The monoisotopic (exact) mass is 142 g/mol. The Morgan fingerprint density at radius 3 is 2.60 bits per heavy atom. The molecule has 0 heterocycles. The van der Waals surface area contributed by atoms with Gasteiger partial charge in [-0.2, -0.15) is 0 Å². The van der Waals surface area contributed by atoms with Crippen molar-refractivity contribution in [3.63, 3.8) is 0 Å². The third kappa shape index (κ3) is 5.83. The van der Waals surface area contributed by atoms with Crippen LogP contribution in [0, 0.1) is 0 Å². The molecule has 0 aromatic rings. The zero-order chi connectivity index (χ0) is 7.82. The molecule has 0 amide bonds. The van der Waals surface area contributed by atoms with Crippen molar-refractivity contribution in [2.75, 3.05) is 0 Å². The fourth-order valence-electron chi connectivity index (χ4n) is 0.922. The predicted octanol–water partition coefficient (Wildman–Crippen LogP) is 2.50. The van der Waals surface area contributed by atoms with E-state index in [1.807, 2.05) is 19.1 Å². The van der Waals surface area contributed by atoms with E-state index in [1.165, 1.54) is 12.8 Å². The van der Waals surface area contributed by atoms with Crippen LogP contribution in [0.3, 0.4) is 0 Å². The molecule has 0 unspecified atom stereocenters. The normalized spacial score (nSPS) is 14.3. The molecule has 0 fully saturated rings. The molecule has 60 valence electrons. The summed E-state index contributed by atoms with van der Waals surface area (Å²) in [5.41, 5.74) is 0. The molecular weight excluding hydrogens is 124 g/mol. The molecule has 0 spiro atoms. The lowest BCUT2D eigenvalue weighted by atomic mass is 10.1. The lowest BCUT2D eigenvalue weighted by Gasteiger charge is -2.02. The van der Waals surface area contributed by atoms with E-state index in [4.69, 9.17) is 0 Å². The van der Waals surface area contributed by atoms with Gasteiger partial charge in [-0.3, -0.25) is 0 Å². The number of rotatable bonds is 5. The molecule has 0 aliphatic carbocycles. The summed E-state index contributed by atoms with van der Waals surface area (Å²) in [5.74, 6) is 0. The molecular formula is C9H18O. The van der Waals surface area contributed by atoms with Crippen LogP contribution in [0.4, 0.5) is 0 Å². The van der Waals surface area contributed by atoms with E-state index in [0.29, 0.717) is 0 Å². The number of aliphatic hydroxyl groups is 1. The maximum atomic E-state index is 9.19.